The number of ether oxygens (including phenoxy) is 1. The molecule has 0 saturated carbocycles. The number of rotatable bonds is 6. The van der Waals surface area contributed by atoms with Crippen LogP contribution in [0.25, 0.3) is 6.08 Å². The SMILES string of the molecule is CCN(CC)c1ccc(/C=C2\SC(=O)N(CC(=O)OC)C2=O)o1. The van der Waals surface area contributed by atoms with Crippen LogP contribution in [0.3, 0.4) is 0 Å². The van der Waals surface area contributed by atoms with Crippen LogP contribution in [0.2, 0.25) is 0 Å². The van der Waals surface area contributed by atoms with Gasteiger partial charge in [-0.05, 0) is 31.7 Å². The van der Waals surface area contributed by atoms with Crippen molar-refractivity contribution in [1.29, 1.82) is 0 Å². The largest absolute Gasteiger partial charge is 0.468 e. The van der Waals surface area contributed by atoms with E-state index in [-0.39, 0.29) is 11.4 Å². The Morgan fingerprint density at radius 2 is 2.04 bits per heavy atom. The highest BCUT2D eigenvalue weighted by atomic mass is 32.2. The van der Waals surface area contributed by atoms with Crippen molar-refractivity contribution in [3.8, 4) is 0 Å². The van der Waals surface area contributed by atoms with Gasteiger partial charge in [0.05, 0.1) is 12.0 Å². The lowest BCUT2D eigenvalue weighted by Crippen LogP contribution is -2.34. The predicted octanol–water partition coefficient (Wildman–Crippen LogP) is 2.34. The van der Waals surface area contributed by atoms with E-state index in [2.05, 4.69) is 4.74 Å². The fraction of sp³-hybridized carbons (Fsp3) is 0.400. The molecule has 0 atom stereocenters. The van der Waals surface area contributed by atoms with Gasteiger partial charge in [0.2, 0.25) is 0 Å². The summed E-state index contributed by atoms with van der Waals surface area (Å²) in [7, 11) is 1.20. The van der Waals surface area contributed by atoms with Crippen LogP contribution < -0.4 is 4.90 Å². The van der Waals surface area contributed by atoms with Crippen LogP contribution in [-0.4, -0.2) is 48.8 Å². The lowest BCUT2D eigenvalue weighted by atomic mass is 10.3. The summed E-state index contributed by atoms with van der Waals surface area (Å²) < 4.78 is 10.2. The van der Waals surface area contributed by atoms with E-state index in [9.17, 15) is 14.4 Å². The summed E-state index contributed by atoms with van der Waals surface area (Å²) in [4.78, 5) is 38.4. The van der Waals surface area contributed by atoms with Gasteiger partial charge >= 0.3 is 5.97 Å². The number of esters is 1. The molecular formula is C15H18N2O5S. The maximum absolute atomic E-state index is 12.2. The Morgan fingerprint density at radius 3 is 2.65 bits per heavy atom. The molecule has 1 aromatic rings. The van der Waals surface area contributed by atoms with Gasteiger partial charge in [-0.3, -0.25) is 19.3 Å². The molecule has 0 N–H and O–H groups in total. The molecule has 0 aromatic carbocycles. The summed E-state index contributed by atoms with van der Waals surface area (Å²) in [6, 6.07) is 3.56. The average Bonchev–Trinajstić information content (AvgIpc) is 3.09. The van der Waals surface area contributed by atoms with E-state index < -0.39 is 17.1 Å². The summed E-state index contributed by atoms with van der Waals surface area (Å²) in [5.41, 5.74) is 0. The first-order chi connectivity index (χ1) is 11.0. The van der Waals surface area contributed by atoms with Gasteiger partial charge in [0.1, 0.15) is 12.3 Å². The number of hydrogen-bond acceptors (Lipinski definition) is 7. The second-order valence-corrected chi connectivity index (χ2v) is 5.69. The highest BCUT2D eigenvalue weighted by Gasteiger charge is 2.36. The average molecular weight is 338 g/mol. The minimum Gasteiger partial charge on any atom is -0.468 e. The zero-order valence-corrected chi connectivity index (χ0v) is 14.0. The predicted molar refractivity (Wildman–Crippen MR) is 87.0 cm³/mol. The van der Waals surface area contributed by atoms with Crippen molar-refractivity contribution in [1.82, 2.24) is 4.90 Å². The maximum atomic E-state index is 12.2. The number of anilines is 1. The number of thioether (sulfide) groups is 1. The molecule has 0 radical (unpaired) electrons. The normalized spacial score (nSPS) is 16.3. The Balaban J connectivity index is 2.16. The molecule has 1 saturated heterocycles. The fourth-order valence-electron chi connectivity index (χ4n) is 2.08. The Morgan fingerprint density at radius 1 is 1.35 bits per heavy atom. The van der Waals surface area contributed by atoms with Gasteiger partial charge in [0, 0.05) is 25.2 Å². The first-order valence-corrected chi connectivity index (χ1v) is 7.98. The number of nitrogens with zero attached hydrogens (tertiary/aromatic N) is 2. The molecule has 23 heavy (non-hydrogen) atoms. The van der Waals surface area contributed by atoms with Crippen molar-refractivity contribution in [2.45, 2.75) is 13.8 Å². The second kappa shape index (κ2) is 7.36. The molecule has 0 spiro atoms. The number of hydrogen-bond donors (Lipinski definition) is 0. The highest BCUT2D eigenvalue weighted by molar-refractivity contribution is 8.18. The minimum atomic E-state index is -0.643. The number of carbonyl (C=O) groups excluding carboxylic acids is 3. The smallest absolute Gasteiger partial charge is 0.325 e. The van der Waals surface area contributed by atoms with Crippen LogP contribution in [0.1, 0.15) is 19.6 Å². The monoisotopic (exact) mass is 338 g/mol. The van der Waals surface area contributed by atoms with Crippen LogP contribution in [0.5, 0.6) is 0 Å². The van der Waals surface area contributed by atoms with Gasteiger partial charge in [-0.25, -0.2) is 0 Å². The van der Waals surface area contributed by atoms with E-state index in [0.717, 1.165) is 29.8 Å². The summed E-state index contributed by atoms with van der Waals surface area (Å²) >= 11 is 0.775. The molecule has 7 nitrogen and oxygen atoms in total. The molecular weight excluding hydrogens is 320 g/mol. The Kier molecular flexibility index (Phi) is 5.49. The van der Waals surface area contributed by atoms with Gasteiger partial charge < -0.3 is 14.1 Å². The van der Waals surface area contributed by atoms with Gasteiger partial charge in [0.15, 0.2) is 5.88 Å². The third kappa shape index (κ3) is 3.76. The van der Waals surface area contributed by atoms with Crippen molar-refractivity contribution in [3.63, 3.8) is 0 Å². The molecule has 1 aliphatic rings. The van der Waals surface area contributed by atoms with Gasteiger partial charge in [0.25, 0.3) is 11.1 Å². The number of methoxy groups -OCH3 is 1. The molecule has 2 rings (SSSR count). The van der Waals surface area contributed by atoms with E-state index in [0.29, 0.717) is 11.6 Å². The Labute approximate surface area is 138 Å². The highest BCUT2D eigenvalue weighted by Crippen LogP contribution is 2.33. The van der Waals surface area contributed by atoms with E-state index in [1.54, 1.807) is 6.07 Å². The van der Waals surface area contributed by atoms with Crippen LogP contribution in [0, 0.1) is 0 Å². The minimum absolute atomic E-state index is 0.222. The quantitative estimate of drug-likeness (QED) is 0.582. The molecule has 8 heteroatoms. The van der Waals surface area contributed by atoms with Crippen LogP contribution in [0.15, 0.2) is 21.5 Å². The maximum Gasteiger partial charge on any atom is 0.325 e. The van der Waals surface area contributed by atoms with Crippen LogP contribution in [-0.2, 0) is 14.3 Å². The first-order valence-electron chi connectivity index (χ1n) is 7.17. The molecule has 2 heterocycles. The molecule has 0 aliphatic carbocycles. The molecule has 0 bridgehead atoms. The number of imide groups is 1. The van der Waals surface area contributed by atoms with E-state index in [1.807, 2.05) is 24.8 Å². The van der Waals surface area contributed by atoms with E-state index >= 15 is 0 Å². The Bertz CT molecular complexity index is 648. The molecule has 1 aromatic heterocycles. The van der Waals surface area contributed by atoms with Gasteiger partial charge in [-0.15, -0.1) is 0 Å². The third-order valence-electron chi connectivity index (χ3n) is 3.35. The molecule has 2 amide bonds. The number of amides is 2. The molecule has 1 fully saturated rings. The Hall–Kier alpha value is -2.22. The second-order valence-electron chi connectivity index (χ2n) is 4.69. The summed E-state index contributed by atoms with van der Waals surface area (Å²) in [6.45, 7) is 5.26. The summed E-state index contributed by atoms with van der Waals surface area (Å²) in [5.74, 6) is 0.0204. The molecule has 1 aliphatic heterocycles. The molecule has 0 unspecified atom stereocenters. The number of furan rings is 1. The lowest BCUT2D eigenvalue weighted by molar-refractivity contribution is -0.143. The van der Waals surface area contributed by atoms with Crippen molar-refractivity contribution in [3.05, 3.63) is 22.8 Å². The molecule has 124 valence electrons. The standard InChI is InChI=1S/C15H18N2O5S/c1-4-16(5-2)12-7-6-10(22-12)8-11-14(19)17(15(20)23-11)9-13(18)21-3/h6-8H,4-5,9H2,1-3H3/b11-8-. The summed E-state index contributed by atoms with van der Waals surface area (Å²) in [5, 5.41) is -0.498. The van der Waals surface area contributed by atoms with Crippen molar-refractivity contribution in [2.75, 3.05) is 31.6 Å². The zero-order chi connectivity index (χ0) is 17.0. The summed E-state index contributed by atoms with van der Waals surface area (Å²) in [6.07, 6.45) is 1.51. The third-order valence-corrected chi connectivity index (χ3v) is 4.26. The number of carbonyl (C=O) groups is 3. The fourth-order valence-corrected chi connectivity index (χ4v) is 2.90. The van der Waals surface area contributed by atoms with Crippen LogP contribution >= 0.6 is 11.8 Å². The van der Waals surface area contributed by atoms with E-state index in [1.165, 1.54) is 13.2 Å². The van der Waals surface area contributed by atoms with Crippen molar-refractivity contribution >= 4 is 40.8 Å². The van der Waals surface area contributed by atoms with Gasteiger partial charge in [-0.2, -0.15) is 0 Å². The topological polar surface area (TPSA) is 80.1 Å². The van der Waals surface area contributed by atoms with Gasteiger partial charge in [-0.1, -0.05) is 0 Å². The van der Waals surface area contributed by atoms with Crippen molar-refractivity contribution in [2.24, 2.45) is 0 Å². The van der Waals surface area contributed by atoms with E-state index in [4.69, 9.17) is 4.42 Å². The van der Waals surface area contributed by atoms with Crippen molar-refractivity contribution < 1.29 is 23.5 Å². The lowest BCUT2D eigenvalue weighted by Gasteiger charge is -2.16. The first kappa shape index (κ1) is 17.1. The zero-order valence-electron chi connectivity index (χ0n) is 13.2. The van der Waals surface area contributed by atoms with Crippen LogP contribution in [0.4, 0.5) is 10.7 Å².